The first kappa shape index (κ1) is 22.8. The molecule has 0 aliphatic heterocycles. The number of ether oxygens (including phenoxy) is 1. The predicted molar refractivity (Wildman–Crippen MR) is 126 cm³/mol. The van der Waals surface area contributed by atoms with Gasteiger partial charge in [-0.25, -0.2) is 0 Å². The summed E-state index contributed by atoms with van der Waals surface area (Å²) in [5.74, 6) is 0.922. The van der Waals surface area contributed by atoms with Gasteiger partial charge in [0, 0.05) is 6.04 Å². The summed E-state index contributed by atoms with van der Waals surface area (Å²) in [4.78, 5) is 25.2. The van der Waals surface area contributed by atoms with E-state index in [2.05, 4.69) is 20.8 Å². The van der Waals surface area contributed by atoms with E-state index >= 15 is 0 Å². The normalized spacial score (nSPS) is 13.6. The quantitative estimate of drug-likeness (QED) is 0.458. The second kappa shape index (κ2) is 11.0. The van der Waals surface area contributed by atoms with Gasteiger partial charge in [-0.05, 0) is 42.7 Å². The fourth-order valence-electron chi connectivity index (χ4n) is 3.72. The highest BCUT2D eigenvalue weighted by molar-refractivity contribution is 7.99. The van der Waals surface area contributed by atoms with Crippen LogP contribution in [0.1, 0.15) is 47.5 Å². The summed E-state index contributed by atoms with van der Waals surface area (Å²) in [5, 5.41) is 14.3. The molecular weight excluding hydrogens is 440 g/mol. The second-order valence-corrected chi connectivity index (χ2v) is 8.75. The van der Waals surface area contributed by atoms with Crippen LogP contribution in [0.5, 0.6) is 5.75 Å². The number of carbonyl (C=O) groups excluding carboxylic acids is 2. The van der Waals surface area contributed by atoms with Crippen molar-refractivity contribution in [1.29, 1.82) is 0 Å². The molecule has 0 unspecified atom stereocenters. The molecule has 9 heteroatoms. The van der Waals surface area contributed by atoms with Gasteiger partial charge in [-0.15, -0.1) is 10.2 Å². The molecule has 1 heterocycles. The molecular formula is C24H26N4O4S. The molecule has 4 rings (SSSR count). The molecule has 1 aromatic heterocycles. The smallest absolute Gasteiger partial charge is 0.277 e. The predicted octanol–water partition coefficient (Wildman–Crippen LogP) is 4.07. The van der Waals surface area contributed by atoms with E-state index in [1.54, 1.807) is 31.4 Å². The lowest BCUT2D eigenvalue weighted by molar-refractivity contribution is -0.113. The number of methoxy groups -OCH3 is 1. The largest absolute Gasteiger partial charge is 0.497 e. The van der Waals surface area contributed by atoms with Crippen LogP contribution in [0.4, 0.5) is 5.69 Å². The summed E-state index contributed by atoms with van der Waals surface area (Å²) in [6.45, 7) is 0. The molecule has 2 aromatic carbocycles. The lowest BCUT2D eigenvalue weighted by atomic mass is 10.1. The Kier molecular flexibility index (Phi) is 7.62. The molecule has 1 saturated carbocycles. The van der Waals surface area contributed by atoms with Gasteiger partial charge in [0.05, 0.1) is 30.5 Å². The van der Waals surface area contributed by atoms with Crippen LogP contribution in [0.2, 0.25) is 0 Å². The van der Waals surface area contributed by atoms with E-state index in [1.807, 2.05) is 24.3 Å². The van der Waals surface area contributed by atoms with Crippen molar-refractivity contribution in [1.82, 2.24) is 15.5 Å². The zero-order chi connectivity index (χ0) is 23.0. The molecule has 1 aliphatic carbocycles. The van der Waals surface area contributed by atoms with Gasteiger partial charge in [0.1, 0.15) is 5.75 Å². The van der Waals surface area contributed by atoms with Gasteiger partial charge in [0.2, 0.25) is 11.8 Å². The third-order valence-corrected chi connectivity index (χ3v) is 6.24. The zero-order valence-corrected chi connectivity index (χ0v) is 19.2. The number of benzene rings is 2. The maximum absolute atomic E-state index is 12.7. The second-order valence-electron chi connectivity index (χ2n) is 7.82. The van der Waals surface area contributed by atoms with Gasteiger partial charge in [0.15, 0.2) is 0 Å². The Morgan fingerprint density at radius 1 is 1.09 bits per heavy atom. The van der Waals surface area contributed by atoms with Crippen LogP contribution in [0.3, 0.4) is 0 Å². The van der Waals surface area contributed by atoms with Gasteiger partial charge >= 0.3 is 0 Å². The van der Waals surface area contributed by atoms with E-state index < -0.39 is 0 Å². The Hall–Kier alpha value is -3.33. The number of rotatable bonds is 9. The Bertz CT molecular complexity index is 1090. The number of para-hydroxylation sites is 1. The average molecular weight is 467 g/mol. The highest BCUT2D eigenvalue weighted by Gasteiger charge is 2.20. The summed E-state index contributed by atoms with van der Waals surface area (Å²) in [6.07, 6.45) is 4.77. The SMILES string of the molecule is COc1ccc(Cc2nnc(SCC(=O)Nc3ccccc3C(=O)NC3CCCC3)o2)cc1. The maximum Gasteiger partial charge on any atom is 0.277 e. The number of amides is 2. The van der Waals surface area contributed by atoms with Crippen molar-refractivity contribution in [2.75, 3.05) is 18.2 Å². The number of aromatic nitrogens is 2. The van der Waals surface area contributed by atoms with Crippen molar-refractivity contribution >= 4 is 29.3 Å². The number of hydrogen-bond donors (Lipinski definition) is 2. The minimum Gasteiger partial charge on any atom is -0.497 e. The fourth-order valence-corrected chi connectivity index (χ4v) is 4.30. The van der Waals surface area contributed by atoms with Crippen LogP contribution in [0, 0.1) is 0 Å². The number of nitrogens with one attached hydrogen (secondary N) is 2. The Morgan fingerprint density at radius 3 is 2.61 bits per heavy atom. The van der Waals surface area contributed by atoms with Crippen LogP contribution in [0.25, 0.3) is 0 Å². The van der Waals surface area contributed by atoms with E-state index in [1.165, 1.54) is 0 Å². The molecule has 2 amide bonds. The number of thioether (sulfide) groups is 1. The summed E-state index contributed by atoms with van der Waals surface area (Å²) >= 11 is 1.15. The van der Waals surface area contributed by atoms with Gasteiger partial charge in [-0.3, -0.25) is 9.59 Å². The minimum absolute atomic E-state index is 0.0861. The Balaban J connectivity index is 1.29. The van der Waals surface area contributed by atoms with Crippen LogP contribution >= 0.6 is 11.8 Å². The van der Waals surface area contributed by atoms with E-state index in [-0.39, 0.29) is 23.6 Å². The van der Waals surface area contributed by atoms with Gasteiger partial charge in [-0.2, -0.15) is 0 Å². The topological polar surface area (TPSA) is 106 Å². The standard InChI is InChI=1S/C24H26N4O4S/c1-31-18-12-10-16(11-13-18)14-22-27-28-24(32-22)33-15-21(29)26-20-9-5-4-8-19(20)23(30)25-17-6-2-3-7-17/h4-5,8-13,17H,2-3,6-7,14-15H2,1H3,(H,25,30)(H,26,29). The van der Waals surface area contributed by atoms with Crippen molar-refractivity contribution in [2.45, 2.75) is 43.4 Å². The number of carbonyl (C=O) groups is 2. The summed E-state index contributed by atoms with van der Waals surface area (Å²) in [5.41, 5.74) is 1.97. The molecule has 3 aromatic rings. The first-order chi connectivity index (χ1) is 16.1. The van der Waals surface area contributed by atoms with Crippen LogP contribution in [0.15, 0.2) is 58.2 Å². The first-order valence-electron chi connectivity index (χ1n) is 10.9. The first-order valence-corrected chi connectivity index (χ1v) is 11.9. The van der Waals surface area contributed by atoms with Crippen molar-refractivity contribution in [3.8, 4) is 5.75 Å². The average Bonchev–Trinajstić information content (AvgIpc) is 3.51. The molecule has 0 saturated heterocycles. The summed E-state index contributed by atoms with van der Waals surface area (Å²) in [6, 6.07) is 14.8. The molecule has 1 fully saturated rings. The zero-order valence-electron chi connectivity index (χ0n) is 18.4. The van der Waals surface area contributed by atoms with Crippen LogP contribution < -0.4 is 15.4 Å². The van der Waals surface area contributed by atoms with Crippen LogP contribution in [-0.2, 0) is 11.2 Å². The van der Waals surface area contributed by atoms with Crippen molar-refractivity contribution in [3.05, 3.63) is 65.5 Å². The molecule has 0 bridgehead atoms. The molecule has 0 radical (unpaired) electrons. The summed E-state index contributed by atoms with van der Waals surface area (Å²) < 4.78 is 10.8. The Labute approximate surface area is 196 Å². The third kappa shape index (κ3) is 6.35. The van der Waals surface area contributed by atoms with Gasteiger partial charge in [0.25, 0.3) is 11.1 Å². The van der Waals surface area contributed by atoms with Crippen LogP contribution in [-0.4, -0.2) is 40.9 Å². The van der Waals surface area contributed by atoms with E-state index in [0.29, 0.717) is 28.8 Å². The minimum atomic E-state index is -0.254. The molecule has 172 valence electrons. The molecule has 33 heavy (non-hydrogen) atoms. The third-order valence-electron chi connectivity index (χ3n) is 5.43. The highest BCUT2D eigenvalue weighted by atomic mass is 32.2. The Morgan fingerprint density at radius 2 is 1.85 bits per heavy atom. The fraction of sp³-hybridized carbons (Fsp3) is 0.333. The van der Waals surface area contributed by atoms with Crippen molar-refractivity contribution in [3.63, 3.8) is 0 Å². The van der Waals surface area contributed by atoms with E-state index in [0.717, 1.165) is 48.8 Å². The molecule has 1 aliphatic rings. The van der Waals surface area contributed by atoms with Gasteiger partial charge < -0.3 is 19.8 Å². The van der Waals surface area contributed by atoms with Crippen molar-refractivity contribution < 1.29 is 18.7 Å². The monoisotopic (exact) mass is 466 g/mol. The molecule has 0 spiro atoms. The van der Waals surface area contributed by atoms with E-state index in [4.69, 9.17) is 9.15 Å². The lowest BCUT2D eigenvalue weighted by Gasteiger charge is -2.14. The molecule has 2 N–H and O–H groups in total. The molecule has 8 nitrogen and oxygen atoms in total. The number of nitrogens with zero attached hydrogens (tertiary/aromatic N) is 2. The number of anilines is 1. The lowest BCUT2D eigenvalue weighted by Crippen LogP contribution is -2.33. The summed E-state index contributed by atoms with van der Waals surface area (Å²) in [7, 11) is 1.62. The van der Waals surface area contributed by atoms with Crippen molar-refractivity contribution in [2.24, 2.45) is 0 Å². The molecule has 0 atom stereocenters. The highest BCUT2D eigenvalue weighted by Crippen LogP contribution is 2.22. The number of hydrogen-bond acceptors (Lipinski definition) is 7. The van der Waals surface area contributed by atoms with E-state index in [9.17, 15) is 9.59 Å². The maximum atomic E-state index is 12.7. The van der Waals surface area contributed by atoms with Gasteiger partial charge in [-0.1, -0.05) is 48.9 Å².